The maximum Gasteiger partial charge on any atom is 0.249 e. The molecule has 1 N–H and O–H groups in total. The van der Waals surface area contributed by atoms with Crippen LogP contribution in [0.3, 0.4) is 0 Å². The number of carbonyl (C=O) groups excluding carboxylic acids is 2. The van der Waals surface area contributed by atoms with Crippen LogP contribution in [0.5, 0.6) is 0 Å². The summed E-state index contributed by atoms with van der Waals surface area (Å²) in [5, 5.41) is 10.6. The van der Waals surface area contributed by atoms with E-state index < -0.39 is 0 Å². The first-order chi connectivity index (χ1) is 12.1. The molecule has 0 saturated carbocycles. The Morgan fingerprint density at radius 2 is 2.32 bits per heavy atom. The van der Waals surface area contributed by atoms with E-state index in [1.807, 2.05) is 19.1 Å². The van der Waals surface area contributed by atoms with E-state index in [9.17, 15) is 9.59 Å². The van der Waals surface area contributed by atoms with Gasteiger partial charge in [-0.2, -0.15) is 0 Å². The second-order valence-electron chi connectivity index (χ2n) is 5.90. The van der Waals surface area contributed by atoms with Crippen molar-refractivity contribution in [2.24, 2.45) is 5.92 Å². The number of rotatable bonds is 6. The van der Waals surface area contributed by atoms with Crippen LogP contribution in [0.15, 0.2) is 35.4 Å². The molecule has 0 unspecified atom stereocenters. The van der Waals surface area contributed by atoms with Gasteiger partial charge >= 0.3 is 0 Å². The molecule has 0 radical (unpaired) electrons. The summed E-state index contributed by atoms with van der Waals surface area (Å²) in [6, 6.07) is 3.70. The van der Waals surface area contributed by atoms with Gasteiger partial charge in [0.05, 0.1) is 18.0 Å². The third kappa shape index (κ3) is 3.90. The lowest BCUT2D eigenvalue weighted by molar-refractivity contribution is -0.128. The summed E-state index contributed by atoms with van der Waals surface area (Å²) in [6.07, 6.45) is 3.52. The van der Waals surface area contributed by atoms with Gasteiger partial charge in [0.1, 0.15) is 0 Å². The average molecular weight is 341 g/mol. The SMILES string of the molecule is C=CCN1C[C@@H](C(=O)NCc2nnc(-c3ccc(C)nc3)o2)CC1=O. The zero-order valence-corrected chi connectivity index (χ0v) is 13.9. The largest absolute Gasteiger partial charge is 0.419 e. The number of nitrogens with one attached hydrogen (secondary N) is 1. The number of nitrogens with zero attached hydrogens (tertiary/aromatic N) is 4. The number of aromatic nitrogens is 3. The number of amides is 2. The lowest BCUT2D eigenvalue weighted by Crippen LogP contribution is -2.32. The highest BCUT2D eigenvalue weighted by atomic mass is 16.4. The van der Waals surface area contributed by atoms with Crippen molar-refractivity contribution < 1.29 is 14.0 Å². The second kappa shape index (κ2) is 7.25. The molecule has 0 bridgehead atoms. The molecule has 1 saturated heterocycles. The fourth-order valence-corrected chi connectivity index (χ4v) is 2.62. The molecule has 3 heterocycles. The molecular formula is C17H19N5O3. The van der Waals surface area contributed by atoms with E-state index in [0.29, 0.717) is 24.9 Å². The van der Waals surface area contributed by atoms with Crippen molar-refractivity contribution in [3.05, 3.63) is 42.6 Å². The first-order valence-electron chi connectivity index (χ1n) is 7.98. The molecule has 1 atom stereocenters. The minimum Gasteiger partial charge on any atom is -0.419 e. The maximum atomic E-state index is 12.2. The Hall–Kier alpha value is -3.03. The Balaban J connectivity index is 1.55. The second-order valence-corrected chi connectivity index (χ2v) is 5.90. The smallest absolute Gasteiger partial charge is 0.249 e. The van der Waals surface area contributed by atoms with Crippen LogP contribution in [0.1, 0.15) is 18.0 Å². The van der Waals surface area contributed by atoms with Crippen molar-refractivity contribution in [3.63, 3.8) is 0 Å². The number of pyridine rings is 1. The van der Waals surface area contributed by atoms with E-state index in [-0.39, 0.29) is 30.7 Å². The van der Waals surface area contributed by atoms with E-state index in [0.717, 1.165) is 11.3 Å². The Morgan fingerprint density at radius 1 is 1.48 bits per heavy atom. The molecule has 0 aromatic carbocycles. The zero-order chi connectivity index (χ0) is 17.8. The first-order valence-corrected chi connectivity index (χ1v) is 7.98. The van der Waals surface area contributed by atoms with Crippen LogP contribution in [0.4, 0.5) is 0 Å². The molecule has 1 fully saturated rings. The molecular weight excluding hydrogens is 322 g/mol. The fraction of sp³-hybridized carbons (Fsp3) is 0.353. The van der Waals surface area contributed by atoms with Gasteiger partial charge in [-0.15, -0.1) is 16.8 Å². The van der Waals surface area contributed by atoms with Crippen LogP contribution in [-0.4, -0.2) is 45.0 Å². The molecule has 8 heteroatoms. The summed E-state index contributed by atoms with van der Waals surface area (Å²) in [6.45, 7) is 6.49. The van der Waals surface area contributed by atoms with E-state index in [4.69, 9.17) is 4.42 Å². The van der Waals surface area contributed by atoms with Crippen LogP contribution in [0.25, 0.3) is 11.5 Å². The number of hydrogen-bond donors (Lipinski definition) is 1. The summed E-state index contributed by atoms with van der Waals surface area (Å²) in [5.74, 6) is 0.0564. The van der Waals surface area contributed by atoms with Crippen molar-refractivity contribution in [1.29, 1.82) is 0 Å². The molecule has 2 aromatic rings. The summed E-state index contributed by atoms with van der Waals surface area (Å²) < 4.78 is 5.54. The molecule has 25 heavy (non-hydrogen) atoms. The van der Waals surface area contributed by atoms with Gasteiger partial charge in [-0.3, -0.25) is 14.6 Å². The summed E-state index contributed by atoms with van der Waals surface area (Å²) in [7, 11) is 0. The lowest BCUT2D eigenvalue weighted by atomic mass is 10.1. The molecule has 1 aliphatic heterocycles. The van der Waals surface area contributed by atoms with Crippen molar-refractivity contribution in [2.75, 3.05) is 13.1 Å². The van der Waals surface area contributed by atoms with Gasteiger partial charge in [0.2, 0.25) is 23.6 Å². The zero-order valence-electron chi connectivity index (χ0n) is 13.9. The lowest BCUT2D eigenvalue weighted by Gasteiger charge is -2.13. The van der Waals surface area contributed by atoms with Crippen LogP contribution in [-0.2, 0) is 16.1 Å². The van der Waals surface area contributed by atoms with Gasteiger partial charge in [-0.1, -0.05) is 6.08 Å². The molecule has 130 valence electrons. The summed E-state index contributed by atoms with van der Waals surface area (Å²) in [4.78, 5) is 29.8. The highest BCUT2D eigenvalue weighted by Crippen LogP contribution is 2.19. The highest BCUT2D eigenvalue weighted by Gasteiger charge is 2.33. The van der Waals surface area contributed by atoms with Gasteiger partial charge in [-0.25, -0.2) is 0 Å². The molecule has 1 aliphatic rings. The van der Waals surface area contributed by atoms with Crippen LogP contribution in [0, 0.1) is 12.8 Å². The van der Waals surface area contributed by atoms with Gasteiger partial charge in [0, 0.05) is 31.4 Å². The molecule has 0 spiro atoms. The van der Waals surface area contributed by atoms with Crippen LogP contribution >= 0.6 is 0 Å². The van der Waals surface area contributed by atoms with E-state index in [1.165, 1.54) is 0 Å². The molecule has 8 nitrogen and oxygen atoms in total. The number of carbonyl (C=O) groups is 2. The summed E-state index contributed by atoms with van der Waals surface area (Å²) in [5.41, 5.74) is 1.62. The Morgan fingerprint density at radius 3 is 3.04 bits per heavy atom. The Bertz CT molecular complexity index is 784. The molecule has 2 aromatic heterocycles. The Labute approximate surface area is 144 Å². The van der Waals surface area contributed by atoms with Gasteiger partial charge in [0.15, 0.2) is 0 Å². The monoisotopic (exact) mass is 341 g/mol. The average Bonchev–Trinajstić information content (AvgIpc) is 3.21. The van der Waals surface area contributed by atoms with E-state index >= 15 is 0 Å². The number of hydrogen-bond acceptors (Lipinski definition) is 6. The van der Waals surface area contributed by atoms with Crippen LogP contribution < -0.4 is 5.32 Å². The quantitative estimate of drug-likeness (QED) is 0.789. The molecule has 3 rings (SSSR count). The third-order valence-electron chi connectivity index (χ3n) is 3.97. The molecule has 2 amide bonds. The summed E-state index contributed by atoms with van der Waals surface area (Å²) >= 11 is 0. The van der Waals surface area contributed by atoms with E-state index in [2.05, 4.69) is 27.1 Å². The highest BCUT2D eigenvalue weighted by molar-refractivity contribution is 5.89. The topological polar surface area (TPSA) is 101 Å². The number of likely N-dealkylation sites (tertiary alicyclic amines) is 1. The van der Waals surface area contributed by atoms with Gasteiger partial charge < -0.3 is 14.6 Å². The van der Waals surface area contributed by atoms with Gasteiger partial charge in [0.25, 0.3) is 0 Å². The van der Waals surface area contributed by atoms with Crippen molar-refractivity contribution in [3.8, 4) is 11.5 Å². The predicted molar refractivity (Wildman–Crippen MR) is 89.0 cm³/mol. The van der Waals surface area contributed by atoms with Crippen molar-refractivity contribution in [2.45, 2.75) is 19.9 Å². The number of aryl methyl sites for hydroxylation is 1. The maximum absolute atomic E-state index is 12.2. The van der Waals surface area contributed by atoms with Crippen LogP contribution in [0.2, 0.25) is 0 Å². The minimum atomic E-state index is -0.365. The van der Waals surface area contributed by atoms with Crippen molar-refractivity contribution in [1.82, 2.24) is 25.4 Å². The standard InChI is InChI=1S/C17H19N5O3/c1-3-6-22-10-13(7-15(22)23)16(24)19-9-14-20-21-17(25-14)12-5-4-11(2)18-8-12/h3-5,8,13H,1,6-7,9-10H2,2H3,(H,19,24)/t13-/m0/s1. The fourth-order valence-electron chi connectivity index (χ4n) is 2.62. The normalized spacial score (nSPS) is 16.9. The van der Waals surface area contributed by atoms with E-state index in [1.54, 1.807) is 17.2 Å². The minimum absolute atomic E-state index is 0.0352. The predicted octanol–water partition coefficient (Wildman–Crippen LogP) is 1.09. The molecule has 0 aliphatic carbocycles. The van der Waals surface area contributed by atoms with Crippen molar-refractivity contribution >= 4 is 11.8 Å². The third-order valence-corrected chi connectivity index (χ3v) is 3.97. The van der Waals surface area contributed by atoms with Gasteiger partial charge in [-0.05, 0) is 19.1 Å². The Kier molecular flexibility index (Phi) is 4.87. The first kappa shape index (κ1) is 16.8.